The van der Waals surface area contributed by atoms with Gasteiger partial charge >= 0.3 is 0 Å². The van der Waals surface area contributed by atoms with E-state index < -0.39 is 0 Å². The minimum absolute atomic E-state index is 0.362. The fourth-order valence-corrected chi connectivity index (χ4v) is 2.34. The first-order chi connectivity index (χ1) is 10.5. The van der Waals surface area contributed by atoms with Crippen molar-refractivity contribution >= 4 is 22.1 Å². The van der Waals surface area contributed by atoms with Gasteiger partial charge in [0.05, 0.1) is 11.9 Å². The van der Waals surface area contributed by atoms with Crippen LogP contribution in [0.3, 0.4) is 0 Å². The van der Waals surface area contributed by atoms with Crippen molar-refractivity contribution in [2.75, 3.05) is 0 Å². The third kappa shape index (κ3) is 2.82. The smallest absolute Gasteiger partial charge is 0.206 e. The molecule has 3 rings (SSSR count). The van der Waals surface area contributed by atoms with Crippen LogP contribution in [0.1, 0.15) is 17.0 Å². The molecule has 0 saturated carbocycles. The second-order valence-electron chi connectivity index (χ2n) is 4.72. The number of benzene rings is 1. The zero-order valence-electron chi connectivity index (χ0n) is 11.9. The molecule has 0 aliphatic carbocycles. The van der Waals surface area contributed by atoms with Gasteiger partial charge in [-0.15, -0.1) is 10.2 Å². The number of hydrogen-bond donors (Lipinski definition) is 0. The van der Waals surface area contributed by atoms with E-state index in [1.165, 1.54) is 23.3 Å². The molecule has 3 aromatic rings. The number of nitrogens with zero attached hydrogens (tertiary/aromatic N) is 6. The van der Waals surface area contributed by atoms with Crippen LogP contribution in [0.4, 0.5) is 4.39 Å². The average Bonchev–Trinajstić information content (AvgIpc) is 3.03. The van der Waals surface area contributed by atoms with Gasteiger partial charge in [0.2, 0.25) is 0 Å². The van der Waals surface area contributed by atoms with E-state index >= 15 is 0 Å². The largest absolute Gasteiger partial charge is 0.273 e. The molecule has 0 unspecified atom stereocenters. The van der Waals surface area contributed by atoms with Gasteiger partial charge in [0.15, 0.2) is 0 Å². The maximum Gasteiger partial charge on any atom is 0.273 e. The number of aromatic nitrogens is 5. The Balaban J connectivity index is 1.96. The van der Waals surface area contributed by atoms with Crippen molar-refractivity contribution in [2.45, 2.75) is 13.8 Å². The van der Waals surface area contributed by atoms with Crippen molar-refractivity contribution < 1.29 is 4.39 Å². The molecule has 0 N–H and O–H groups in total. The number of hydrogen-bond acceptors (Lipinski definition) is 4. The van der Waals surface area contributed by atoms with E-state index in [1.54, 1.807) is 16.8 Å². The monoisotopic (exact) mass is 362 g/mol. The highest BCUT2D eigenvalue weighted by molar-refractivity contribution is 9.10. The Kier molecular flexibility index (Phi) is 3.84. The Morgan fingerprint density at radius 2 is 2.09 bits per heavy atom. The molecule has 1 aromatic carbocycles. The van der Waals surface area contributed by atoms with Gasteiger partial charge < -0.3 is 0 Å². The predicted molar refractivity (Wildman–Crippen MR) is 83.7 cm³/mol. The molecule has 0 aliphatic rings. The molecular weight excluding hydrogens is 351 g/mol. The summed E-state index contributed by atoms with van der Waals surface area (Å²) in [6, 6.07) is 6.70. The average molecular weight is 363 g/mol. The molecule has 0 spiro atoms. The van der Waals surface area contributed by atoms with E-state index in [2.05, 4.69) is 36.3 Å². The summed E-state index contributed by atoms with van der Waals surface area (Å²) in [6.07, 6.45) is 2.86. The Morgan fingerprint density at radius 1 is 1.27 bits per heavy atom. The Morgan fingerprint density at radius 3 is 2.77 bits per heavy atom. The lowest BCUT2D eigenvalue weighted by Gasteiger charge is -2.02. The normalized spacial score (nSPS) is 11.5. The molecule has 0 bridgehead atoms. The summed E-state index contributed by atoms with van der Waals surface area (Å²) in [7, 11) is 0. The maximum absolute atomic E-state index is 13.8. The van der Waals surface area contributed by atoms with E-state index in [1.807, 2.05) is 19.9 Å². The zero-order chi connectivity index (χ0) is 15.7. The lowest BCUT2D eigenvalue weighted by atomic mass is 10.2. The summed E-state index contributed by atoms with van der Waals surface area (Å²) in [5.41, 5.74) is 2.16. The third-order valence-corrected chi connectivity index (χ3v) is 3.49. The molecule has 2 aromatic heterocycles. The molecule has 0 saturated heterocycles. The van der Waals surface area contributed by atoms with E-state index in [-0.39, 0.29) is 5.82 Å². The first-order valence-electron chi connectivity index (χ1n) is 6.47. The van der Waals surface area contributed by atoms with Crippen LogP contribution in [0.2, 0.25) is 0 Å². The minimum Gasteiger partial charge on any atom is -0.206 e. The Labute approximate surface area is 134 Å². The highest BCUT2D eigenvalue weighted by atomic mass is 79.9. The highest BCUT2D eigenvalue weighted by Crippen LogP contribution is 2.14. The van der Waals surface area contributed by atoms with Gasteiger partial charge in [-0.1, -0.05) is 15.9 Å². The fraction of sp³-hybridized carbons (Fsp3) is 0.143. The molecule has 0 atom stereocenters. The summed E-state index contributed by atoms with van der Waals surface area (Å²) < 4.78 is 17.5. The topological polar surface area (TPSA) is 60.9 Å². The summed E-state index contributed by atoms with van der Waals surface area (Å²) in [4.78, 5) is 0. The Bertz CT molecular complexity index is 851. The minimum atomic E-state index is -0.362. The molecule has 6 nitrogen and oxygen atoms in total. The van der Waals surface area contributed by atoms with Gasteiger partial charge in [-0.3, -0.25) is 0 Å². The van der Waals surface area contributed by atoms with Gasteiger partial charge in [-0.2, -0.15) is 14.9 Å². The van der Waals surface area contributed by atoms with Crippen molar-refractivity contribution in [3.8, 4) is 5.95 Å². The van der Waals surface area contributed by atoms with Crippen LogP contribution < -0.4 is 0 Å². The molecule has 22 heavy (non-hydrogen) atoms. The summed E-state index contributed by atoms with van der Waals surface area (Å²) in [5, 5.41) is 16.4. The molecule has 8 heteroatoms. The molecular formula is C14H12BrFN6. The first-order valence-corrected chi connectivity index (χ1v) is 7.27. The number of aryl methyl sites for hydroxylation is 2. The van der Waals surface area contributed by atoms with Gasteiger partial charge in [-0.25, -0.2) is 9.07 Å². The summed E-state index contributed by atoms with van der Waals surface area (Å²) in [5.74, 6) is 0.0817. The second kappa shape index (κ2) is 5.80. The van der Waals surface area contributed by atoms with Crippen LogP contribution in [0, 0.1) is 19.7 Å². The van der Waals surface area contributed by atoms with E-state index in [9.17, 15) is 4.39 Å². The maximum atomic E-state index is 13.8. The fourth-order valence-electron chi connectivity index (χ4n) is 2.01. The van der Waals surface area contributed by atoms with Crippen LogP contribution in [-0.2, 0) is 0 Å². The highest BCUT2D eigenvalue weighted by Gasteiger charge is 2.10. The van der Waals surface area contributed by atoms with Crippen LogP contribution in [-0.4, -0.2) is 30.9 Å². The number of rotatable bonds is 3. The van der Waals surface area contributed by atoms with E-state index in [4.69, 9.17) is 0 Å². The van der Waals surface area contributed by atoms with Crippen molar-refractivity contribution in [1.82, 2.24) is 24.7 Å². The van der Waals surface area contributed by atoms with Crippen molar-refractivity contribution in [3.05, 3.63) is 57.8 Å². The van der Waals surface area contributed by atoms with Gasteiger partial charge in [0, 0.05) is 15.7 Å². The van der Waals surface area contributed by atoms with Gasteiger partial charge in [0.1, 0.15) is 12.1 Å². The van der Waals surface area contributed by atoms with Gasteiger partial charge in [-0.05, 0) is 38.1 Å². The first kappa shape index (κ1) is 14.6. The standard InChI is InChI=1S/C14H12BrFN6/c1-9-5-10(2)22(20-9)14-19-17-8-21(14)18-7-11-3-4-12(15)6-13(11)16/h3-8H,1-2H3/b18-7-. The summed E-state index contributed by atoms with van der Waals surface area (Å²) in [6.45, 7) is 3.81. The van der Waals surface area contributed by atoms with Crippen LogP contribution >= 0.6 is 15.9 Å². The molecule has 0 radical (unpaired) electrons. The third-order valence-electron chi connectivity index (χ3n) is 3.00. The zero-order valence-corrected chi connectivity index (χ0v) is 13.5. The number of halogens is 2. The van der Waals surface area contributed by atoms with Crippen molar-refractivity contribution in [1.29, 1.82) is 0 Å². The molecule has 2 heterocycles. The van der Waals surface area contributed by atoms with Crippen molar-refractivity contribution in [2.24, 2.45) is 5.10 Å². The van der Waals surface area contributed by atoms with E-state index in [0.717, 1.165) is 11.4 Å². The summed E-state index contributed by atoms with van der Waals surface area (Å²) >= 11 is 3.22. The lowest BCUT2D eigenvalue weighted by molar-refractivity contribution is 0.624. The van der Waals surface area contributed by atoms with Crippen molar-refractivity contribution in [3.63, 3.8) is 0 Å². The SMILES string of the molecule is Cc1cc(C)n(-c2nncn2/N=C\c2ccc(Br)cc2F)n1. The molecule has 0 aliphatic heterocycles. The van der Waals surface area contributed by atoms with Crippen LogP contribution in [0.25, 0.3) is 5.95 Å². The lowest BCUT2D eigenvalue weighted by Crippen LogP contribution is -2.06. The molecule has 0 amide bonds. The van der Waals surface area contributed by atoms with Gasteiger partial charge in [0.25, 0.3) is 5.95 Å². The van der Waals surface area contributed by atoms with E-state index in [0.29, 0.717) is 16.0 Å². The van der Waals surface area contributed by atoms with Crippen LogP contribution in [0.5, 0.6) is 0 Å². The quantitative estimate of drug-likeness (QED) is 0.673. The predicted octanol–water partition coefficient (Wildman–Crippen LogP) is 2.86. The Hall–Kier alpha value is -2.35. The molecule has 112 valence electrons. The second-order valence-corrected chi connectivity index (χ2v) is 5.64. The molecule has 0 fully saturated rings. The van der Waals surface area contributed by atoms with Crippen LogP contribution in [0.15, 0.2) is 40.2 Å².